The van der Waals surface area contributed by atoms with Crippen LogP contribution in [-0.2, 0) is 0 Å². The van der Waals surface area contributed by atoms with Gasteiger partial charge in [-0.2, -0.15) is 0 Å². The second-order valence-corrected chi connectivity index (χ2v) is 5.55. The van der Waals surface area contributed by atoms with Gasteiger partial charge >= 0.3 is 0 Å². The number of aromatic amines is 1. The minimum Gasteiger partial charge on any atom is -0.293 e. The summed E-state index contributed by atoms with van der Waals surface area (Å²) in [5.41, 5.74) is 3.97. The number of hydrogen-bond acceptors (Lipinski definition) is 2. The van der Waals surface area contributed by atoms with Gasteiger partial charge in [-0.25, -0.2) is 9.50 Å². The summed E-state index contributed by atoms with van der Waals surface area (Å²) in [6, 6.07) is 9.79. The number of aromatic nitrogens is 3. The van der Waals surface area contributed by atoms with Crippen molar-refractivity contribution >= 4 is 28.2 Å². The van der Waals surface area contributed by atoms with E-state index in [0.29, 0.717) is 11.2 Å². The Balaban J connectivity index is 2.42. The third-order valence-electron chi connectivity index (χ3n) is 3.16. The first-order valence-electron chi connectivity index (χ1n) is 5.92. The van der Waals surface area contributed by atoms with E-state index in [1.54, 1.807) is 0 Å². The molecule has 3 rings (SSSR count). The third-order valence-corrected chi connectivity index (χ3v) is 4.45. The molecule has 0 radical (unpaired) electrons. The second kappa shape index (κ2) is 4.48. The molecular formula is C14H12IN3O. The van der Waals surface area contributed by atoms with Crippen molar-refractivity contribution in [1.29, 1.82) is 0 Å². The number of fused-ring (bicyclic) bond motifs is 1. The van der Waals surface area contributed by atoms with E-state index in [9.17, 15) is 4.79 Å². The number of halogens is 1. The fourth-order valence-electron chi connectivity index (χ4n) is 2.12. The molecule has 0 fully saturated rings. The van der Waals surface area contributed by atoms with Crippen LogP contribution in [0, 0.1) is 17.4 Å². The lowest BCUT2D eigenvalue weighted by atomic mass is 10.1. The van der Waals surface area contributed by atoms with Crippen molar-refractivity contribution < 1.29 is 0 Å². The molecular weight excluding hydrogens is 353 g/mol. The highest BCUT2D eigenvalue weighted by atomic mass is 127. The minimum absolute atomic E-state index is 0.0464. The van der Waals surface area contributed by atoms with E-state index in [-0.39, 0.29) is 5.56 Å². The van der Waals surface area contributed by atoms with Crippen LogP contribution in [-0.4, -0.2) is 14.6 Å². The normalized spacial score (nSPS) is 11.1. The van der Waals surface area contributed by atoms with Gasteiger partial charge in [0.25, 0.3) is 5.56 Å². The minimum atomic E-state index is -0.0464. The van der Waals surface area contributed by atoms with Crippen molar-refractivity contribution in [2.75, 3.05) is 0 Å². The third kappa shape index (κ3) is 1.88. The maximum absolute atomic E-state index is 12.4. The molecule has 1 aromatic carbocycles. The summed E-state index contributed by atoms with van der Waals surface area (Å²) in [6.45, 7) is 3.75. The number of nitrogens with one attached hydrogen (secondary N) is 1. The van der Waals surface area contributed by atoms with E-state index < -0.39 is 0 Å². The molecule has 0 aliphatic rings. The Morgan fingerprint density at radius 3 is 2.58 bits per heavy atom. The van der Waals surface area contributed by atoms with E-state index in [1.165, 1.54) is 4.52 Å². The van der Waals surface area contributed by atoms with Crippen LogP contribution in [0.3, 0.4) is 0 Å². The van der Waals surface area contributed by atoms with Crippen LogP contribution in [0.5, 0.6) is 0 Å². The van der Waals surface area contributed by atoms with Gasteiger partial charge in [-0.1, -0.05) is 30.3 Å². The molecule has 0 amide bonds. The summed E-state index contributed by atoms with van der Waals surface area (Å²) < 4.78 is 2.49. The van der Waals surface area contributed by atoms with Gasteiger partial charge in [0.1, 0.15) is 0 Å². The van der Waals surface area contributed by atoms with Crippen LogP contribution >= 0.6 is 22.6 Å². The largest absolute Gasteiger partial charge is 0.293 e. The number of aryl methyl sites for hydroxylation is 1. The molecule has 2 aromatic heterocycles. The molecule has 2 heterocycles. The van der Waals surface area contributed by atoms with Crippen molar-refractivity contribution in [3.8, 4) is 11.3 Å². The standard InChI is InChI=1S/C14H12IN3O/c1-8-12(10-6-4-3-5-7-10)16-13-11(15)9(2)17-18(13)14(8)19/h3-7,17H,1-2H3. The van der Waals surface area contributed by atoms with Crippen molar-refractivity contribution in [1.82, 2.24) is 14.6 Å². The molecule has 0 spiro atoms. The lowest BCUT2D eigenvalue weighted by molar-refractivity contribution is 0.871. The maximum atomic E-state index is 12.4. The van der Waals surface area contributed by atoms with Gasteiger partial charge in [0, 0.05) is 16.8 Å². The molecule has 0 aliphatic heterocycles. The van der Waals surface area contributed by atoms with Crippen LogP contribution in [0.4, 0.5) is 0 Å². The van der Waals surface area contributed by atoms with Crippen molar-refractivity contribution in [2.24, 2.45) is 0 Å². The molecule has 4 nitrogen and oxygen atoms in total. The fraction of sp³-hybridized carbons (Fsp3) is 0.143. The Kier molecular flexibility index (Phi) is 2.93. The van der Waals surface area contributed by atoms with Gasteiger partial charge in [-0.05, 0) is 36.4 Å². The molecule has 0 unspecified atom stereocenters. The summed E-state index contributed by atoms with van der Waals surface area (Å²) in [7, 11) is 0. The first-order valence-corrected chi connectivity index (χ1v) is 7.00. The van der Waals surface area contributed by atoms with Crippen LogP contribution in [0.1, 0.15) is 11.3 Å². The van der Waals surface area contributed by atoms with Crippen LogP contribution in [0.25, 0.3) is 16.9 Å². The summed E-state index contributed by atoms with van der Waals surface area (Å²) >= 11 is 2.21. The Hall–Kier alpha value is -1.63. The topological polar surface area (TPSA) is 50.2 Å². The zero-order valence-electron chi connectivity index (χ0n) is 10.6. The van der Waals surface area contributed by atoms with Crippen LogP contribution < -0.4 is 5.56 Å². The van der Waals surface area contributed by atoms with Crippen molar-refractivity contribution in [3.63, 3.8) is 0 Å². The molecule has 5 heteroatoms. The van der Waals surface area contributed by atoms with Crippen molar-refractivity contribution in [3.05, 3.63) is 55.5 Å². The highest BCUT2D eigenvalue weighted by Gasteiger charge is 2.15. The molecule has 0 bridgehead atoms. The molecule has 0 aliphatic carbocycles. The second-order valence-electron chi connectivity index (χ2n) is 4.47. The summed E-state index contributed by atoms with van der Waals surface area (Å²) in [4.78, 5) is 17.0. The molecule has 0 atom stereocenters. The summed E-state index contributed by atoms with van der Waals surface area (Å²) in [5, 5.41) is 3.05. The van der Waals surface area contributed by atoms with E-state index in [2.05, 4.69) is 32.7 Å². The lowest BCUT2D eigenvalue weighted by Crippen LogP contribution is -2.19. The first kappa shape index (κ1) is 12.4. The molecule has 3 aromatic rings. The Labute approximate surface area is 123 Å². The van der Waals surface area contributed by atoms with E-state index in [0.717, 1.165) is 20.5 Å². The Bertz CT molecular complexity index is 818. The maximum Gasteiger partial charge on any atom is 0.276 e. The number of hydrogen-bond donors (Lipinski definition) is 1. The highest BCUT2D eigenvalue weighted by molar-refractivity contribution is 14.1. The number of nitrogens with zero attached hydrogens (tertiary/aromatic N) is 2. The van der Waals surface area contributed by atoms with Crippen LogP contribution in [0.2, 0.25) is 0 Å². The number of rotatable bonds is 1. The molecule has 19 heavy (non-hydrogen) atoms. The van der Waals surface area contributed by atoms with E-state index in [1.807, 2.05) is 44.2 Å². The average Bonchev–Trinajstić information content (AvgIpc) is 2.71. The zero-order chi connectivity index (χ0) is 13.6. The molecule has 96 valence electrons. The van der Waals surface area contributed by atoms with E-state index in [4.69, 9.17) is 0 Å². The predicted octanol–water partition coefficient (Wildman–Crippen LogP) is 2.91. The van der Waals surface area contributed by atoms with Gasteiger partial charge in [0.05, 0.1) is 9.26 Å². The van der Waals surface area contributed by atoms with E-state index >= 15 is 0 Å². The van der Waals surface area contributed by atoms with Gasteiger partial charge in [0.2, 0.25) is 0 Å². The highest BCUT2D eigenvalue weighted by Crippen LogP contribution is 2.22. The Morgan fingerprint density at radius 2 is 1.89 bits per heavy atom. The zero-order valence-corrected chi connectivity index (χ0v) is 12.7. The quantitative estimate of drug-likeness (QED) is 0.675. The lowest BCUT2D eigenvalue weighted by Gasteiger charge is -2.05. The predicted molar refractivity (Wildman–Crippen MR) is 83.4 cm³/mol. The molecule has 0 saturated carbocycles. The first-order chi connectivity index (χ1) is 9.09. The fourth-order valence-corrected chi connectivity index (χ4v) is 2.60. The van der Waals surface area contributed by atoms with Crippen molar-refractivity contribution in [2.45, 2.75) is 13.8 Å². The molecule has 1 N–H and O–H groups in total. The number of H-pyrrole nitrogens is 1. The van der Waals surface area contributed by atoms with Crippen LogP contribution in [0.15, 0.2) is 35.1 Å². The van der Waals surface area contributed by atoms with Gasteiger partial charge in [-0.15, -0.1) is 0 Å². The molecule has 0 saturated heterocycles. The van der Waals surface area contributed by atoms with Gasteiger partial charge in [-0.3, -0.25) is 9.89 Å². The number of benzene rings is 1. The summed E-state index contributed by atoms with van der Waals surface area (Å²) in [6.07, 6.45) is 0. The van der Waals surface area contributed by atoms with Gasteiger partial charge < -0.3 is 0 Å². The average molecular weight is 365 g/mol. The SMILES string of the molecule is Cc1[nH]n2c(=O)c(C)c(-c3ccccc3)nc2c1I. The monoisotopic (exact) mass is 365 g/mol. The van der Waals surface area contributed by atoms with Gasteiger partial charge in [0.15, 0.2) is 5.65 Å². The Morgan fingerprint density at radius 1 is 1.21 bits per heavy atom. The summed E-state index contributed by atoms with van der Waals surface area (Å²) in [5.74, 6) is 0. The smallest absolute Gasteiger partial charge is 0.276 e.